The maximum atomic E-state index is 13.6. The fourth-order valence-electron chi connectivity index (χ4n) is 6.95. The molecule has 2 aromatic rings. The summed E-state index contributed by atoms with van der Waals surface area (Å²) >= 11 is 0. The number of hydrogen-bond acceptors (Lipinski definition) is 5. The van der Waals surface area contributed by atoms with E-state index >= 15 is 0 Å². The second kappa shape index (κ2) is 8.54. The van der Waals surface area contributed by atoms with E-state index in [1.54, 1.807) is 13.2 Å². The Bertz CT molecular complexity index is 1280. The molecule has 0 radical (unpaired) electrons. The molecule has 2 heterocycles. The van der Waals surface area contributed by atoms with Crippen molar-refractivity contribution in [1.29, 1.82) is 5.26 Å². The molecule has 188 valence electrons. The number of H-pyrrole nitrogens is 1. The summed E-state index contributed by atoms with van der Waals surface area (Å²) in [5.41, 5.74) is 0.0400. The molecule has 1 aromatic carbocycles. The van der Waals surface area contributed by atoms with Crippen molar-refractivity contribution >= 4 is 28.6 Å². The Morgan fingerprint density at radius 2 is 2.11 bits per heavy atom. The van der Waals surface area contributed by atoms with Crippen LogP contribution in [0.1, 0.15) is 49.0 Å². The van der Waals surface area contributed by atoms with E-state index in [-0.39, 0.29) is 41.4 Å². The molecule has 5 fully saturated rings. The number of rotatable bonds is 7. The lowest BCUT2D eigenvalue weighted by atomic mass is 9.52. The highest BCUT2D eigenvalue weighted by Gasteiger charge is 2.61. The number of nitrogens with one attached hydrogen (secondary N) is 4. The van der Waals surface area contributed by atoms with E-state index in [2.05, 4.69) is 27.0 Å². The first-order chi connectivity index (χ1) is 17.4. The van der Waals surface area contributed by atoms with Crippen LogP contribution in [-0.2, 0) is 9.59 Å². The third-order valence-corrected chi connectivity index (χ3v) is 8.90. The number of amides is 3. The van der Waals surface area contributed by atoms with Crippen LogP contribution in [-0.4, -0.2) is 47.9 Å². The van der Waals surface area contributed by atoms with Crippen LogP contribution < -0.4 is 20.7 Å². The lowest BCUT2D eigenvalue weighted by molar-refractivity contribution is -0.135. The number of carbonyl (C=O) groups is 3. The van der Waals surface area contributed by atoms with E-state index in [1.807, 2.05) is 18.2 Å². The standard InChI is InChI=1S/C27H31N5O4/c1-36-22-4-2-3-19-16(22)10-21(30-19)24(33)31-20(9-14-5-6-14)25(34)32-27(13-28)11-15-7-8-18(27)23-17(15)12-29-26(23)35/h2-4,10,14-15,17-18,20,23,30H,5-9,11-12H2,1H3,(H,29,35)(H,31,33)(H,32,34)/t15-,17?,18-,20-,23-,27+/m0/s1. The molecule has 4 N–H and O–H groups in total. The number of nitriles is 1. The Hall–Kier alpha value is -3.54. The van der Waals surface area contributed by atoms with Gasteiger partial charge in [-0.25, -0.2) is 0 Å². The third-order valence-electron chi connectivity index (χ3n) is 8.90. The number of nitrogens with zero attached hydrogens (tertiary/aromatic N) is 1. The van der Waals surface area contributed by atoms with Crippen molar-refractivity contribution in [2.75, 3.05) is 13.7 Å². The van der Waals surface area contributed by atoms with Crippen LogP contribution in [0.5, 0.6) is 5.75 Å². The molecule has 6 atom stereocenters. The molecule has 7 rings (SSSR count). The molecule has 5 aliphatic rings. The van der Waals surface area contributed by atoms with Crippen LogP contribution in [0.2, 0.25) is 0 Å². The van der Waals surface area contributed by atoms with Gasteiger partial charge in [0.05, 0.1) is 13.2 Å². The van der Waals surface area contributed by atoms with Crippen LogP contribution in [0.3, 0.4) is 0 Å². The molecular weight excluding hydrogens is 458 g/mol. The van der Waals surface area contributed by atoms with E-state index < -0.39 is 11.6 Å². The minimum absolute atomic E-state index is 0.000321. The Labute approximate surface area is 209 Å². The SMILES string of the molecule is COc1cccc2[nH]c(C(=O)N[C@@H](CC3CC3)C(=O)N[C@@]3(C#N)C[C@@H]4CC[C@H]3[C@H]3C(=O)NCC43)cc12. The summed E-state index contributed by atoms with van der Waals surface area (Å²) in [6, 6.07) is 8.92. The van der Waals surface area contributed by atoms with Gasteiger partial charge in [0.25, 0.3) is 5.91 Å². The van der Waals surface area contributed by atoms with Crippen molar-refractivity contribution in [3.05, 3.63) is 30.0 Å². The summed E-state index contributed by atoms with van der Waals surface area (Å²) < 4.78 is 5.40. The zero-order chi connectivity index (χ0) is 25.0. The van der Waals surface area contributed by atoms with Gasteiger partial charge in [0, 0.05) is 29.3 Å². The van der Waals surface area contributed by atoms with E-state index in [0.717, 1.165) is 36.6 Å². The van der Waals surface area contributed by atoms with Gasteiger partial charge in [-0.2, -0.15) is 5.26 Å². The molecule has 9 heteroatoms. The van der Waals surface area contributed by atoms with Gasteiger partial charge in [-0.05, 0) is 61.6 Å². The van der Waals surface area contributed by atoms with Crippen molar-refractivity contribution in [2.45, 2.75) is 50.1 Å². The Kier molecular flexibility index (Phi) is 5.43. The van der Waals surface area contributed by atoms with Gasteiger partial charge in [0.2, 0.25) is 11.8 Å². The highest BCUT2D eigenvalue weighted by Crippen LogP contribution is 2.55. The number of methoxy groups -OCH3 is 1. The lowest BCUT2D eigenvalue weighted by Gasteiger charge is -2.53. The van der Waals surface area contributed by atoms with Crippen molar-refractivity contribution in [2.24, 2.45) is 29.6 Å². The van der Waals surface area contributed by atoms with Crippen molar-refractivity contribution in [3.63, 3.8) is 0 Å². The van der Waals surface area contributed by atoms with Gasteiger partial charge in [0.1, 0.15) is 23.0 Å². The predicted molar refractivity (Wildman–Crippen MR) is 131 cm³/mol. The molecule has 1 aromatic heterocycles. The van der Waals surface area contributed by atoms with Crippen LogP contribution in [0.15, 0.2) is 24.3 Å². The lowest BCUT2D eigenvalue weighted by Crippen LogP contribution is -2.65. The number of fused-ring (bicyclic) bond motifs is 3. The summed E-state index contributed by atoms with van der Waals surface area (Å²) in [5, 5.41) is 20.0. The van der Waals surface area contributed by atoms with Crippen LogP contribution in [0.4, 0.5) is 0 Å². The van der Waals surface area contributed by atoms with Crippen LogP contribution in [0, 0.1) is 40.9 Å². The average molecular weight is 490 g/mol. The predicted octanol–water partition coefficient (Wildman–Crippen LogP) is 2.25. The zero-order valence-electron chi connectivity index (χ0n) is 20.3. The van der Waals surface area contributed by atoms with E-state index in [0.29, 0.717) is 36.7 Å². The summed E-state index contributed by atoms with van der Waals surface area (Å²) in [4.78, 5) is 42.5. The molecule has 3 amide bonds. The number of aromatic nitrogens is 1. The second-order valence-electron chi connectivity index (χ2n) is 11.0. The summed E-state index contributed by atoms with van der Waals surface area (Å²) in [6.07, 6.45) is 4.88. The number of hydrogen-bond donors (Lipinski definition) is 4. The van der Waals surface area contributed by atoms with Gasteiger partial charge in [-0.1, -0.05) is 18.9 Å². The number of ether oxygens (including phenoxy) is 1. The smallest absolute Gasteiger partial charge is 0.268 e. The number of benzene rings is 1. The van der Waals surface area contributed by atoms with Gasteiger partial charge in [0.15, 0.2) is 0 Å². The van der Waals surface area contributed by atoms with Crippen LogP contribution in [0.25, 0.3) is 10.9 Å². The largest absolute Gasteiger partial charge is 0.496 e. The molecule has 9 nitrogen and oxygen atoms in total. The van der Waals surface area contributed by atoms with Crippen LogP contribution >= 0.6 is 0 Å². The highest BCUT2D eigenvalue weighted by atomic mass is 16.5. The highest BCUT2D eigenvalue weighted by molar-refractivity contribution is 6.01. The Morgan fingerprint density at radius 1 is 1.28 bits per heavy atom. The molecule has 4 saturated carbocycles. The van der Waals surface area contributed by atoms with Crippen molar-refractivity contribution < 1.29 is 19.1 Å². The molecule has 0 spiro atoms. The van der Waals surface area contributed by atoms with Crippen molar-refractivity contribution in [1.82, 2.24) is 20.9 Å². The van der Waals surface area contributed by atoms with Gasteiger partial charge in [-0.15, -0.1) is 0 Å². The molecule has 36 heavy (non-hydrogen) atoms. The Morgan fingerprint density at radius 3 is 2.86 bits per heavy atom. The molecular formula is C27H31N5O4. The minimum atomic E-state index is -1.08. The Balaban J connectivity index is 1.23. The minimum Gasteiger partial charge on any atom is -0.496 e. The van der Waals surface area contributed by atoms with E-state index in [4.69, 9.17) is 4.74 Å². The summed E-state index contributed by atoms with van der Waals surface area (Å²) in [5.74, 6) is 0.376. The number of aromatic amines is 1. The monoisotopic (exact) mass is 489 g/mol. The van der Waals surface area contributed by atoms with Gasteiger partial charge in [-0.3, -0.25) is 14.4 Å². The molecule has 4 aliphatic carbocycles. The van der Waals surface area contributed by atoms with E-state index in [9.17, 15) is 19.6 Å². The molecule has 2 bridgehead atoms. The fourth-order valence-corrected chi connectivity index (χ4v) is 6.95. The maximum Gasteiger partial charge on any atom is 0.268 e. The van der Waals surface area contributed by atoms with Gasteiger partial charge < -0.3 is 25.7 Å². The molecule has 1 aliphatic heterocycles. The summed E-state index contributed by atoms with van der Waals surface area (Å²) in [7, 11) is 1.58. The first-order valence-corrected chi connectivity index (χ1v) is 12.9. The first kappa shape index (κ1) is 22.9. The van der Waals surface area contributed by atoms with Gasteiger partial charge >= 0.3 is 0 Å². The quantitative estimate of drug-likeness (QED) is 0.473. The normalized spacial score (nSPS) is 31.3. The second-order valence-corrected chi connectivity index (χ2v) is 11.0. The van der Waals surface area contributed by atoms with E-state index in [1.165, 1.54) is 0 Å². The summed E-state index contributed by atoms with van der Waals surface area (Å²) in [6.45, 7) is 0.662. The fraction of sp³-hybridized carbons (Fsp3) is 0.556. The first-order valence-electron chi connectivity index (χ1n) is 12.9. The topological polar surface area (TPSA) is 136 Å². The third kappa shape index (κ3) is 3.71. The molecule has 1 unspecified atom stereocenters. The molecule has 1 saturated heterocycles. The zero-order valence-corrected chi connectivity index (χ0v) is 20.3. The average Bonchev–Trinajstić information content (AvgIpc) is 3.44. The van der Waals surface area contributed by atoms with Crippen molar-refractivity contribution in [3.8, 4) is 11.8 Å². The maximum absolute atomic E-state index is 13.6. The number of carbonyl (C=O) groups excluding carboxylic acids is 3.